The normalized spacial score (nSPS) is 15.7. The molecule has 82 valence electrons. The molecule has 4 heteroatoms. The highest BCUT2D eigenvalue weighted by Gasteiger charge is 2.22. The highest BCUT2D eigenvalue weighted by molar-refractivity contribution is 5.54. The third kappa shape index (κ3) is 1.66. The summed E-state index contributed by atoms with van der Waals surface area (Å²) >= 11 is 0. The van der Waals surface area contributed by atoms with Gasteiger partial charge in [-0.1, -0.05) is 12.1 Å². The first-order chi connectivity index (χ1) is 7.27. The SMILES string of the molecule is COc1c(C(N)CO)ccc2c1OCC2. The average Bonchev–Trinajstić information content (AvgIpc) is 2.74. The van der Waals surface area contributed by atoms with Gasteiger partial charge in [-0.05, 0) is 0 Å². The van der Waals surface area contributed by atoms with Crippen molar-refractivity contribution in [3.05, 3.63) is 23.3 Å². The summed E-state index contributed by atoms with van der Waals surface area (Å²) in [6, 6.07) is 3.46. The third-order valence-electron chi connectivity index (χ3n) is 2.64. The summed E-state index contributed by atoms with van der Waals surface area (Å²) in [7, 11) is 1.59. The molecule has 1 unspecified atom stereocenters. The maximum atomic E-state index is 9.04. The molecule has 1 aliphatic heterocycles. The third-order valence-corrected chi connectivity index (χ3v) is 2.64. The predicted octanol–water partition coefficient (Wildman–Crippen LogP) is 0.622. The van der Waals surface area contributed by atoms with Crippen molar-refractivity contribution in [2.75, 3.05) is 20.3 Å². The van der Waals surface area contributed by atoms with Gasteiger partial charge >= 0.3 is 0 Å². The zero-order valence-electron chi connectivity index (χ0n) is 8.69. The summed E-state index contributed by atoms with van der Waals surface area (Å²) in [6.45, 7) is 0.582. The molecular weight excluding hydrogens is 194 g/mol. The van der Waals surface area contributed by atoms with E-state index in [1.807, 2.05) is 12.1 Å². The average molecular weight is 209 g/mol. The minimum Gasteiger partial charge on any atom is -0.492 e. The molecule has 0 saturated carbocycles. The van der Waals surface area contributed by atoms with E-state index in [0.29, 0.717) is 12.4 Å². The molecule has 0 spiro atoms. The van der Waals surface area contributed by atoms with E-state index in [9.17, 15) is 0 Å². The quantitative estimate of drug-likeness (QED) is 0.766. The first-order valence-corrected chi connectivity index (χ1v) is 4.97. The lowest BCUT2D eigenvalue weighted by atomic mass is 10.0. The van der Waals surface area contributed by atoms with Gasteiger partial charge in [0, 0.05) is 17.5 Å². The van der Waals surface area contributed by atoms with Crippen LogP contribution in [0.1, 0.15) is 17.2 Å². The second-order valence-corrected chi connectivity index (χ2v) is 3.56. The summed E-state index contributed by atoms with van der Waals surface area (Å²) in [5, 5.41) is 9.04. The molecule has 15 heavy (non-hydrogen) atoms. The Labute approximate surface area is 88.6 Å². The first-order valence-electron chi connectivity index (χ1n) is 4.97. The molecular formula is C11H15NO3. The number of hydrogen-bond donors (Lipinski definition) is 2. The van der Waals surface area contributed by atoms with Crippen LogP contribution in [0.25, 0.3) is 0 Å². The fourth-order valence-corrected chi connectivity index (χ4v) is 1.84. The van der Waals surface area contributed by atoms with Crippen LogP contribution in [0.3, 0.4) is 0 Å². The zero-order valence-corrected chi connectivity index (χ0v) is 8.69. The number of ether oxygens (including phenoxy) is 2. The molecule has 1 heterocycles. The van der Waals surface area contributed by atoms with E-state index < -0.39 is 6.04 Å². The van der Waals surface area contributed by atoms with E-state index in [0.717, 1.165) is 23.3 Å². The van der Waals surface area contributed by atoms with Gasteiger partial charge in [0.05, 0.1) is 26.4 Å². The van der Waals surface area contributed by atoms with Crippen LogP contribution in [0.4, 0.5) is 0 Å². The number of rotatable bonds is 3. The van der Waals surface area contributed by atoms with Crippen LogP contribution in [0.15, 0.2) is 12.1 Å². The Morgan fingerprint density at radius 3 is 3.07 bits per heavy atom. The minimum absolute atomic E-state index is 0.102. The summed E-state index contributed by atoms with van der Waals surface area (Å²) in [5.74, 6) is 1.44. The number of aliphatic hydroxyl groups excluding tert-OH is 1. The molecule has 1 aromatic rings. The maximum Gasteiger partial charge on any atom is 0.165 e. The van der Waals surface area contributed by atoms with Crippen LogP contribution < -0.4 is 15.2 Å². The molecule has 2 rings (SSSR count). The van der Waals surface area contributed by atoms with E-state index in [1.165, 1.54) is 0 Å². The molecule has 0 amide bonds. The number of benzene rings is 1. The van der Waals surface area contributed by atoms with Crippen molar-refractivity contribution >= 4 is 0 Å². The van der Waals surface area contributed by atoms with Gasteiger partial charge in [-0.15, -0.1) is 0 Å². The summed E-state index contributed by atoms with van der Waals surface area (Å²) in [5.41, 5.74) is 7.71. The summed E-state index contributed by atoms with van der Waals surface area (Å²) in [6.07, 6.45) is 0.903. The van der Waals surface area contributed by atoms with Gasteiger partial charge in [-0.25, -0.2) is 0 Å². The maximum absolute atomic E-state index is 9.04. The van der Waals surface area contributed by atoms with E-state index in [1.54, 1.807) is 7.11 Å². The molecule has 4 nitrogen and oxygen atoms in total. The van der Waals surface area contributed by atoms with Crippen molar-refractivity contribution in [1.29, 1.82) is 0 Å². The van der Waals surface area contributed by atoms with Crippen LogP contribution >= 0.6 is 0 Å². The molecule has 1 aliphatic rings. The van der Waals surface area contributed by atoms with Crippen molar-refractivity contribution in [2.45, 2.75) is 12.5 Å². The monoisotopic (exact) mass is 209 g/mol. The minimum atomic E-state index is -0.422. The Hall–Kier alpha value is -1.26. The van der Waals surface area contributed by atoms with Crippen LogP contribution in [0.5, 0.6) is 11.5 Å². The summed E-state index contributed by atoms with van der Waals surface area (Å²) < 4.78 is 10.8. The van der Waals surface area contributed by atoms with Crippen molar-refractivity contribution in [3.63, 3.8) is 0 Å². The van der Waals surface area contributed by atoms with Crippen molar-refractivity contribution in [2.24, 2.45) is 5.73 Å². The van der Waals surface area contributed by atoms with Gasteiger partial charge in [0.15, 0.2) is 11.5 Å². The van der Waals surface area contributed by atoms with E-state index in [-0.39, 0.29) is 6.61 Å². The smallest absolute Gasteiger partial charge is 0.165 e. The second-order valence-electron chi connectivity index (χ2n) is 3.56. The van der Waals surface area contributed by atoms with E-state index in [2.05, 4.69) is 0 Å². The van der Waals surface area contributed by atoms with E-state index >= 15 is 0 Å². The van der Waals surface area contributed by atoms with Gasteiger partial charge < -0.3 is 20.3 Å². The number of nitrogens with two attached hydrogens (primary N) is 1. The van der Waals surface area contributed by atoms with E-state index in [4.69, 9.17) is 20.3 Å². The standard InChI is InChI=1S/C11H15NO3/c1-14-11-8(9(12)6-13)3-2-7-4-5-15-10(7)11/h2-3,9,13H,4-6,12H2,1H3. The van der Waals surface area contributed by atoms with Crippen molar-refractivity contribution in [3.8, 4) is 11.5 Å². The fraction of sp³-hybridized carbons (Fsp3) is 0.455. The van der Waals surface area contributed by atoms with Gasteiger partial charge in [-0.3, -0.25) is 0 Å². The fourth-order valence-electron chi connectivity index (χ4n) is 1.84. The van der Waals surface area contributed by atoms with Crippen molar-refractivity contribution in [1.82, 2.24) is 0 Å². The number of methoxy groups -OCH3 is 1. The molecule has 1 aromatic carbocycles. The van der Waals surface area contributed by atoms with Gasteiger partial charge in [0.25, 0.3) is 0 Å². The number of fused-ring (bicyclic) bond motifs is 1. The summed E-state index contributed by atoms with van der Waals surface area (Å²) in [4.78, 5) is 0. The first kappa shape index (κ1) is 10.3. The van der Waals surface area contributed by atoms with Crippen LogP contribution in [-0.2, 0) is 6.42 Å². The van der Waals surface area contributed by atoms with Crippen LogP contribution in [0.2, 0.25) is 0 Å². The lowest BCUT2D eigenvalue weighted by Crippen LogP contribution is -2.15. The molecule has 0 aliphatic carbocycles. The van der Waals surface area contributed by atoms with Crippen LogP contribution in [0, 0.1) is 0 Å². The molecule has 0 radical (unpaired) electrons. The zero-order chi connectivity index (χ0) is 10.8. The highest BCUT2D eigenvalue weighted by Crippen LogP contribution is 2.40. The molecule has 0 fully saturated rings. The van der Waals surface area contributed by atoms with Crippen LogP contribution in [-0.4, -0.2) is 25.4 Å². The molecule has 1 atom stereocenters. The molecule has 3 N–H and O–H groups in total. The van der Waals surface area contributed by atoms with Gasteiger partial charge in [0.2, 0.25) is 0 Å². The Balaban J connectivity index is 2.48. The lowest BCUT2D eigenvalue weighted by Gasteiger charge is -2.16. The predicted molar refractivity (Wildman–Crippen MR) is 56.2 cm³/mol. The Bertz CT molecular complexity index is 365. The highest BCUT2D eigenvalue weighted by atomic mass is 16.5. The topological polar surface area (TPSA) is 64.7 Å². The number of aliphatic hydroxyl groups is 1. The Morgan fingerprint density at radius 1 is 1.60 bits per heavy atom. The lowest BCUT2D eigenvalue weighted by molar-refractivity contribution is 0.262. The van der Waals surface area contributed by atoms with Crippen molar-refractivity contribution < 1.29 is 14.6 Å². The van der Waals surface area contributed by atoms with Gasteiger partial charge in [0.1, 0.15) is 0 Å². The largest absolute Gasteiger partial charge is 0.492 e. The number of hydrogen-bond acceptors (Lipinski definition) is 4. The Kier molecular flexibility index (Phi) is 2.79. The molecule has 0 bridgehead atoms. The second kappa shape index (κ2) is 4.08. The van der Waals surface area contributed by atoms with Gasteiger partial charge in [-0.2, -0.15) is 0 Å². The molecule has 0 saturated heterocycles. The molecule has 0 aromatic heterocycles. The Morgan fingerprint density at radius 2 is 2.40 bits per heavy atom.